The number of para-hydroxylation sites is 1. The van der Waals surface area contributed by atoms with Crippen molar-refractivity contribution in [2.75, 3.05) is 0 Å². The quantitative estimate of drug-likeness (QED) is 0.528. The van der Waals surface area contributed by atoms with Crippen LogP contribution < -0.4 is 4.18 Å². The molecule has 0 heterocycles. The van der Waals surface area contributed by atoms with E-state index in [-0.39, 0.29) is 4.90 Å². The zero-order chi connectivity index (χ0) is 15.8. The molecule has 0 aromatic heterocycles. The molecule has 0 atom stereocenters. The summed E-state index contributed by atoms with van der Waals surface area (Å²) in [6.07, 6.45) is 5.20. The van der Waals surface area contributed by atoms with Crippen LogP contribution >= 0.6 is 0 Å². The Bertz CT molecular complexity index is 678. The molecule has 2 aromatic carbocycles. The van der Waals surface area contributed by atoms with Crippen molar-refractivity contribution >= 4 is 10.1 Å². The minimum Gasteiger partial charge on any atom is -0.379 e. The van der Waals surface area contributed by atoms with E-state index in [1.165, 1.54) is 6.42 Å². The highest BCUT2D eigenvalue weighted by atomic mass is 32.2. The molecule has 22 heavy (non-hydrogen) atoms. The summed E-state index contributed by atoms with van der Waals surface area (Å²) in [5.74, 6) is 0.336. The summed E-state index contributed by atoms with van der Waals surface area (Å²) >= 11 is 0. The van der Waals surface area contributed by atoms with E-state index < -0.39 is 10.1 Å². The third kappa shape index (κ3) is 4.60. The zero-order valence-corrected chi connectivity index (χ0v) is 13.7. The highest BCUT2D eigenvalue weighted by Gasteiger charge is 2.20. The van der Waals surface area contributed by atoms with E-state index in [9.17, 15) is 8.42 Å². The molecule has 2 aromatic rings. The summed E-state index contributed by atoms with van der Waals surface area (Å²) in [6.45, 7) is 2.16. The summed E-state index contributed by atoms with van der Waals surface area (Å²) in [5.41, 5.74) is 0.828. The lowest BCUT2D eigenvalue weighted by molar-refractivity contribution is 0.484. The SMILES string of the molecule is CCCCCCc1ccccc1S(=O)(=O)Oc1ccccc1. The maximum Gasteiger partial charge on any atom is 0.339 e. The fourth-order valence-electron chi connectivity index (χ4n) is 2.34. The topological polar surface area (TPSA) is 43.4 Å². The fraction of sp³-hybridized carbons (Fsp3) is 0.333. The van der Waals surface area contributed by atoms with E-state index in [2.05, 4.69) is 6.92 Å². The van der Waals surface area contributed by atoms with Crippen molar-refractivity contribution in [1.29, 1.82) is 0 Å². The van der Waals surface area contributed by atoms with Crippen LogP contribution in [0.25, 0.3) is 0 Å². The van der Waals surface area contributed by atoms with Crippen molar-refractivity contribution in [3.05, 3.63) is 60.2 Å². The molecule has 2 rings (SSSR count). The molecule has 0 saturated carbocycles. The summed E-state index contributed by atoms with van der Waals surface area (Å²) in [5, 5.41) is 0. The normalized spacial score (nSPS) is 11.3. The van der Waals surface area contributed by atoms with Crippen LogP contribution in [0.4, 0.5) is 0 Å². The lowest BCUT2D eigenvalue weighted by atomic mass is 10.1. The van der Waals surface area contributed by atoms with Gasteiger partial charge in [0.25, 0.3) is 0 Å². The first-order valence-corrected chi connectivity index (χ1v) is 9.12. The number of benzene rings is 2. The Hall–Kier alpha value is -1.81. The van der Waals surface area contributed by atoms with Crippen molar-refractivity contribution in [1.82, 2.24) is 0 Å². The molecule has 0 N–H and O–H groups in total. The van der Waals surface area contributed by atoms with Gasteiger partial charge in [-0.05, 0) is 36.6 Å². The van der Waals surface area contributed by atoms with Gasteiger partial charge in [0.1, 0.15) is 10.6 Å². The molecule has 0 aliphatic rings. The zero-order valence-electron chi connectivity index (χ0n) is 12.9. The van der Waals surface area contributed by atoms with Gasteiger partial charge in [-0.1, -0.05) is 62.6 Å². The molecule has 0 aliphatic carbocycles. The number of aryl methyl sites for hydroxylation is 1. The standard InChI is InChI=1S/C18H22O3S/c1-2-3-4-6-11-16-12-9-10-15-18(16)22(19,20)21-17-13-7-5-8-14-17/h5,7-10,12-15H,2-4,6,11H2,1H3. The van der Waals surface area contributed by atoms with Gasteiger partial charge < -0.3 is 4.18 Å². The van der Waals surface area contributed by atoms with Crippen molar-refractivity contribution < 1.29 is 12.6 Å². The first-order chi connectivity index (χ1) is 10.6. The summed E-state index contributed by atoms with van der Waals surface area (Å²) in [6, 6.07) is 15.7. The Morgan fingerprint density at radius 1 is 0.864 bits per heavy atom. The van der Waals surface area contributed by atoms with E-state index in [0.717, 1.165) is 31.2 Å². The van der Waals surface area contributed by atoms with Gasteiger partial charge in [-0.15, -0.1) is 0 Å². The van der Waals surface area contributed by atoms with Crippen molar-refractivity contribution in [3.8, 4) is 5.75 Å². The Kier molecular flexibility index (Phi) is 6.01. The Morgan fingerprint density at radius 2 is 1.55 bits per heavy atom. The molecular formula is C18H22O3S. The third-order valence-electron chi connectivity index (χ3n) is 3.49. The van der Waals surface area contributed by atoms with Gasteiger partial charge >= 0.3 is 10.1 Å². The Morgan fingerprint density at radius 3 is 2.27 bits per heavy atom. The molecule has 0 amide bonds. The van der Waals surface area contributed by atoms with Crippen molar-refractivity contribution in [2.24, 2.45) is 0 Å². The van der Waals surface area contributed by atoms with Crippen LogP contribution in [0.1, 0.15) is 38.2 Å². The van der Waals surface area contributed by atoms with E-state index >= 15 is 0 Å². The number of rotatable bonds is 8. The molecule has 0 spiro atoms. The molecule has 3 nitrogen and oxygen atoms in total. The van der Waals surface area contributed by atoms with Gasteiger partial charge in [0.15, 0.2) is 0 Å². The average Bonchev–Trinajstić information content (AvgIpc) is 2.52. The Balaban J connectivity index is 2.16. The van der Waals surface area contributed by atoms with Crippen LogP contribution in [0.5, 0.6) is 5.75 Å². The van der Waals surface area contributed by atoms with Crippen LogP contribution in [-0.4, -0.2) is 8.42 Å². The highest BCUT2D eigenvalue weighted by Crippen LogP contribution is 2.22. The van der Waals surface area contributed by atoms with Crippen LogP contribution in [0.3, 0.4) is 0 Å². The summed E-state index contributed by atoms with van der Waals surface area (Å²) in [4.78, 5) is 0.273. The molecule has 4 heteroatoms. The van der Waals surface area contributed by atoms with Gasteiger partial charge in [0.2, 0.25) is 0 Å². The van der Waals surface area contributed by atoms with Gasteiger partial charge in [-0.25, -0.2) is 0 Å². The predicted octanol–water partition coefficient (Wildman–Crippen LogP) is 4.58. The molecule has 0 aliphatic heterocycles. The predicted molar refractivity (Wildman–Crippen MR) is 88.5 cm³/mol. The molecule has 0 bridgehead atoms. The van der Waals surface area contributed by atoms with Crippen LogP contribution in [-0.2, 0) is 16.5 Å². The Labute approximate surface area is 133 Å². The fourth-order valence-corrected chi connectivity index (χ4v) is 3.53. The minimum atomic E-state index is -3.79. The second kappa shape index (κ2) is 7.99. The largest absolute Gasteiger partial charge is 0.379 e. The summed E-state index contributed by atoms with van der Waals surface area (Å²) < 4.78 is 30.2. The van der Waals surface area contributed by atoms with E-state index in [1.54, 1.807) is 36.4 Å². The number of unbranched alkanes of at least 4 members (excludes halogenated alkanes) is 3. The smallest absolute Gasteiger partial charge is 0.339 e. The third-order valence-corrected chi connectivity index (χ3v) is 4.84. The molecule has 0 radical (unpaired) electrons. The maximum absolute atomic E-state index is 12.5. The maximum atomic E-state index is 12.5. The van der Waals surface area contributed by atoms with Gasteiger partial charge in [0.05, 0.1) is 0 Å². The molecule has 0 unspecified atom stereocenters. The average molecular weight is 318 g/mol. The second-order valence-corrected chi connectivity index (χ2v) is 6.78. The van der Waals surface area contributed by atoms with E-state index in [4.69, 9.17) is 4.18 Å². The molecular weight excluding hydrogens is 296 g/mol. The van der Waals surface area contributed by atoms with E-state index in [1.807, 2.05) is 18.2 Å². The first-order valence-electron chi connectivity index (χ1n) is 7.71. The lowest BCUT2D eigenvalue weighted by Crippen LogP contribution is -2.12. The van der Waals surface area contributed by atoms with Crippen molar-refractivity contribution in [2.45, 2.75) is 43.9 Å². The minimum absolute atomic E-state index is 0.273. The van der Waals surface area contributed by atoms with Gasteiger partial charge in [0, 0.05) is 0 Å². The number of hydrogen-bond donors (Lipinski definition) is 0. The van der Waals surface area contributed by atoms with Gasteiger partial charge in [-0.2, -0.15) is 8.42 Å². The van der Waals surface area contributed by atoms with Crippen LogP contribution in [0.15, 0.2) is 59.5 Å². The summed E-state index contributed by atoms with van der Waals surface area (Å²) in [7, 11) is -3.79. The molecule has 118 valence electrons. The highest BCUT2D eigenvalue weighted by molar-refractivity contribution is 7.87. The number of hydrogen-bond acceptors (Lipinski definition) is 3. The lowest BCUT2D eigenvalue weighted by Gasteiger charge is -2.11. The van der Waals surface area contributed by atoms with E-state index in [0.29, 0.717) is 5.75 Å². The second-order valence-electron chi connectivity index (χ2n) is 5.27. The first kappa shape index (κ1) is 16.6. The molecule has 0 saturated heterocycles. The van der Waals surface area contributed by atoms with Gasteiger partial charge in [-0.3, -0.25) is 0 Å². The molecule has 0 fully saturated rings. The van der Waals surface area contributed by atoms with Crippen LogP contribution in [0, 0.1) is 0 Å². The van der Waals surface area contributed by atoms with Crippen molar-refractivity contribution in [3.63, 3.8) is 0 Å². The van der Waals surface area contributed by atoms with Crippen LogP contribution in [0.2, 0.25) is 0 Å². The monoisotopic (exact) mass is 318 g/mol.